The molecule has 7 N–H and O–H groups in total. The summed E-state index contributed by atoms with van der Waals surface area (Å²) in [5.74, 6) is -6.67. The van der Waals surface area contributed by atoms with Crippen LogP contribution in [0.2, 0.25) is 16.6 Å². The zero-order valence-electron chi connectivity index (χ0n) is 57.0. The normalized spacial score (nSPS) is 14.8. The van der Waals surface area contributed by atoms with Crippen molar-refractivity contribution in [2.24, 2.45) is 5.92 Å². The highest BCUT2D eigenvalue weighted by molar-refractivity contribution is 6.78. The van der Waals surface area contributed by atoms with Crippen LogP contribution in [0.25, 0.3) is 0 Å². The van der Waals surface area contributed by atoms with Gasteiger partial charge in [-0.3, -0.25) is 34.7 Å². The third-order valence-electron chi connectivity index (χ3n) is 15.8. The molecule has 1 fully saturated rings. The number of benzene rings is 3. The molecule has 3 aromatic rings. The zero-order valence-corrected chi connectivity index (χ0v) is 60.2. The van der Waals surface area contributed by atoms with Gasteiger partial charge in [0.15, 0.2) is 0 Å². The van der Waals surface area contributed by atoms with E-state index in [1.807, 2.05) is 24.3 Å². The number of alkyl carbamates (subject to hydrolysis) is 3. The second-order valence-corrected chi connectivity index (χ2v) is 33.1. The maximum Gasteiger partial charge on any atom is 0.416 e. The number of hydrogen-bond acceptors (Lipinski definition) is 17. The lowest BCUT2D eigenvalue weighted by Crippen LogP contribution is -2.59. The zero-order chi connectivity index (χ0) is 72.2. The molecule has 1 saturated heterocycles. The topological polar surface area (TPSA) is 329 Å². The van der Waals surface area contributed by atoms with Crippen molar-refractivity contribution in [2.75, 3.05) is 32.8 Å². The Kier molecular flexibility index (Phi) is 32.9. The van der Waals surface area contributed by atoms with Gasteiger partial charge in [-0.2, -0.15) is 0 Å². The molecule has 0 aliphatic carbocycles. The minimum Gasteiger partial charge on any atom is -0.543 e. The van der Waals surface area contributed by atoms with E-state index in [0.717, 1.165) is 21.4 Å². The van der Waals surface area contributed by atoms with Crippen LogP contribution >= 0.6 is 34.8 Å². The van der Waals surface area contributed by atoms with Crippen LogP contribution in [-0.2, 0) is 72.1 Å². The minimum atomic E-state index is -2.33. The van der Waals surface area contributed by atoms with E-state index in [9.17, 15) is 47.9 Å². The van der Waals surface area contributed by atoms with Crippen molar-refractivity contribution in [3.8, 4) is 5.75 Å². The largest absolute Gasteiger partial charge is 0.543 e. The summed E-state index contributed by atoms with van der Waals surface area (Å²) in [5, 5.41) is 24.0. The number of Topliss-reactive ketones (excluding diaryl/α,β-unsaturated/α-hetero) is 1. The van der Waals surface area contributed by atoms with Gasteiger partial charge >= 0.3 is 30.3 Å². The predicted molar refractivity (Wildman–Crippen MR) is 370 cm³/mol. The third kappa shape index (κ3) is 27.3. The number of ether oxygens (including phenoxy) is 5. The fourth-order valence-corrected chi connectivity index (χ4v) is 16.4. The lowest BCUT2D eigenvalue weighted by molar-refractivity contribution is -0.143. The molecule has 1 aliphatic rings. The van der Waals surface area contributed by atoms with Gasteiger partial charge in [-0.05, 0) is 104 Å². The number of nitrogens with zero attached hydrogens (tertiary/aromatic N) is 2. The smallest absolute Gasteiger partial charge is 0.416 e. The number of nitrogens with one attached hydrogen (secondary N) is 7. The Bertz CT molecular complexity index is 3170. The fourth-order valence-electron chi connectivity index (χ4n) is 10.9. The molecule has 97 heavy (non-hydrogen) atoms. The van der Waals surface area contributed by atoms with Gasteiger partial charge in [-0.25, -0.2) is 28.9 Å². The molecule has 0 radical (unpaired) electrons. The highest BCUT2D eigenvalue weighted by atomic mass is 35.6. The third-order valence-corrected chi connectivity index (χ3v) is 22.1. The lowest BCUT2D eigenvalue weighted by Gasteiger charge is -2.42. The number of alkyl halides is 3. The molecule has 1 heterocycles. The van der Waals surface area contributed by atoms with Crippen LogP contribution in [0.4, 0.5) is 19.2 Å². The van der Waals surface area contributed by atoms with Crippen molar-refractivity contribution in [1.82, 2.24) is 41.7 Å². The maximum absolute atomic E-state index is 14.9. The van der Waals surface area contributed by atoms with E-state index >= 15 is 0 Å². The minimum absolute atomic E-state index is 0.00866. The summed E-state index contributed by atoms with van der Waals surface area (Å²) in [6.07, 6.45) is -0.516. The molecule has 0 spiro atoms. The summed E-state index contributed by atoms with van der Waals surface area (Å²) in [6, 6.07) is 17.6. The van der Waals surface area contributed by atoms with Gasteiger partial charge in [0.1, 0.15) is 55.9 Å². The van der Waals surface area contributed by atoms with Crippen LogP contribution in [-0.4, -0.2) is 156 Å². The van der Waals surface area contributed by atoms with Crippen LogP contribution < -0.4 is 36.3 Å². The second-order valence-electron chi connectivity index (χ2n) is 25.3. The number of amides is 8. The van der Waals surface area contributed by atoms with Crippen molar-refractivity contribution in [2.45, 2.75) is 184 Å². The summed E-state index contributed by atoms with van der Waals surface area (Å²) < 4.78 is 31.2. The Hall–Kier alpha value is -8.20. The van der Waals surface area contributed by atoms with Crippen LogP contribution in [0.1, 0.15) is 125 Å². The first-order chi connectivity index (χ1) is 45.7. The first-order valence-corrected chi connectivity index (χ1v) is 35.5. The van der Waals surface area contributed by atoms with Gasteiger partial charge in [0.2, 0.25) is 33.3 Å². The van der Waals surface area contributed by atoms with Gasteiger partial charge in [0.25, 0.3) is 14.2 Å². The number of carbonyl (C=O) groups is 10. The number of hydrogen-bond donors (Lipinski definition) is 7. The molecular formula is C68H94Cl3N9O16Si. The molecule has 532 valence electrons. The lowest BCUT2D eigenvalue weighted by atomic mass is 9.96. The average Bonchev–Trinajstić information content (AvgIpc) is 1.68. The quantitative estimate of drug-likeness (QED) is 0.00343. The van der Waals surface area contributed by atoms with E-state index in [2.05, 4.69) is 80.0 Å². The summed E-state index contributed by atoms with van der Waals surface area (Å²) in [7, 11) is -2.33. The molecule has 8 amide bonds. The molecule has 0 aromatic heterocycles. The summed E-state index contributed by atoms with van der Waals surface area (Å²) in [5.41, 5.74) is 1.90. The molecule has 29 heteroatoms. The van der Waals surface area contributed by atoms with Gasteiger partial charge in [0, 0.05) is 19.2 Å². The number of likely N-dealkylation sites (tertiary alicyclic amines) is 1. The number of rotatable bonds is 33. The maximum atomic E-state index is 14.9. The van der Waals surface area contributed by atoms with Crippen molar-refractivity contribution < 1.29 is 76.1 Å². The number of esters is 1. The first kappa shape index (κ1) is 81.2. The molecule has 6 atom stereocenters. The van der Waals surface area contributed by atoms with Gasteiger partial charge < -0.3 is 59.6 Å². The molecule has 0 saturated carbocycles. The standard InChI is InChI=1S/C68H94Cl3N9O16Si/c1-13-37-91-55(81)34-31-50(38-47-29-32-51(33-30-47)96-97(43(3)4,44(5)6)45(7)8)74-59(84)56(46(9)14-2)77-60(85)57(82)52(27-21-36-80(66(90)93-41-49-25-19-16-20-26-49)62(72)78-65(89)92-40-48-23-17-15-18-24-48)75-58(83)54-28-22-35-79(54)61(86)53(39-73-63(87)95-67(10,11)12)76-64(88)94-42-68(69,70)71/h13,15-20,23-26,29-34,43-46,50,52-54,56H,1,14,21-22,27-28,35-42H2,2-12H3,(H,73,87)(H,74,84)(H,75,83)(H,76,88)(H,77,85)(H2,72,78,89)/b34-31+/t46-,50+,52-,53-,54-,56+/m0/s1. The number of carbonyl (C=O) groups excluding carboxylic acids is 10. The Labute approximate surface area is 584 Å². The van der Waals surface area contributed by atoms with Crippen molar-refractivity contribution in [3.05, 3.63) is 126 Å². The average molecular weight is 1430 g/mol. The molecule has 25 nitrogen and oxygen atoms in total. The van der Waals surface area contributed by atoms with E-state index in [-0.39, 0.29) is 52.0 Å². The van der Waals surface area contributed by atoms with E-state index in [1.54, 1.807) is 95.3 Å². The van der Waals surface area contributed by atoms with Gasteiger partial charge in [0.05, 0.1) is 18.6 Å². The predicted octanol–water partition coefficient (Wildman–Crippen LogP) is 10.4. The van der Waals surface area contributed by atoms with Crippen LogP contribution in [0, 0.1) is 11.3 Å². The summed E-state index contributed by atoms with van der Waals surface area (Å²) in [4.78, 5) is 141. The van der Waals surface area contributed by atoms with E-state index in [1.165, 1.54) is 12.2 Å². The van der Waals surface area contributed by atoms with E-state index < -0.39 is 146 Å². The number of ketones is 1. The van der Waals surface area contributed by atoms with Crippen LogP contribution in [0.5, 0.6) is 5.75 Å². The Morgan fingerprint density at radius 3 is 1.89 bits per heavy atom. The van der Waals surface area contributed by atoms with Crippen molar-refractivity contribution in [1.29, 1.82) is 5.41 Å². The Morgan fingerprint density at radius 2 is 1.33 bits per heavy atom. The van der Waals surface area contributed by atoms with Crippen LogP contribution in [0.15, 0.2) is 110 Å². The molecule has 0 bridgehead atoms. The molecule has 4 rings (SSSR count). The van der Waals surface area contributed by atoms with E-state index in [0.29, 0.717) is 39.9 Å². The Morgan fingerprint density at radius 1 is 0.732 bits per heavy atom. The number of halogens is 3. The van der Waals surface area contributed by atoms with E-state index in [4.69, 9.17) is 68.3 Å². The fraction of sp³-hybridized carbons (Fsp3) is 0.515. The molecular weight excluding hydrogens is 1330 g/mol. The van der Waals surface area contributed by atoms with Crippen molar-refractivity contribution >= 4 is 109 Å². The summed E-state index contributed by atoms with van der Waals surface area (Å²) in [6.45, 7) is 22.5. The van der Waals surface area contributed by atoms with Gasteiger partial charge in [-0.1, -0.05) is 188 Å². The highest BCUT2D eigenvalue weighted by Gasteiger charge is 2.47. The molecule has 0 unspecified atom stereocenters. The highest BCUT2D eigenvalue weighted by Crippen LogP contribution is 2.43. The first-order valence-electron chi connectivity index (χ1n) is 32.2. The van der Waals surface area contributed by atoms with Crippen LogP contribution in [0.3, 0.4) is 0 Å². The second kappa shape index (κ2) is 39.3. The number of guanidine groups is 1. The molecule has 3 aromatic carbocycles. The van der Waals surface area contributed by atoms with Gasteiger partial charge in [-0.15, -0.1) is 0 Å². The summed E-state index contributed by atoms with van der Waals surface area (Å²) >= 11 is 17.4. The monoisotopic (exact) mass is 1430 g/mol. The van der Waals surface area contributed by atoms with Crippen molar-refractivity contribution in [3.63, 3.8) is 0 Å². The SMILES string of the molecule is C=CCOC(=O)/C=C/[C@H](Cc1ccc(O[Si](C(C)C)(C(C)C)C(C)C)cc1)NC(=O)[C@H](NC(=O)C(=O)[C@H](CCCN(C(=N)NC(=O)OCc1ccccc1)C(=O)OCc1ccccc1)NC(=O)[C@@H]1CCCN1C(=O)[C@H](CNC(=O)OC(C)(C)C)NC(=O)OCC(Cl)(Cl)Cl)[C@@H](C)CC. The Balaban J connectivity index is 1.72. The molecule has 1 aliphatic heterocycles.